The highest BCUT2D eigenvalue weighted by atomic mass is 35.5. The Hall–Kier alpha value is -1.80. The van der Waals surface area contributed by atoms with Crippen LogP contribution in [-0.4, -0.2) is 12.2 Å². The zero-order valence-corrected chi connectivity index (χ0v) is 9.77. The van der Waals surface area contributed by atoms with E-state index in [1.807, 2.05) is 5.43 Å². The zero-order chi connectivity index (χ0) is 12.9. The Morgan fingerprint density at radius 1 is 1.28 bits per heavy atom. The zero-order valence-electron chi connectivity index (χ0n) is 8.95. The summed E-state index contributed by atoms with van der Waals surface area (Å²) in [4.78, 5) is 0. The number of halogens is 4. The summed E-state index contributed by atoms with van der Waals surface area (Å²) < 4.78 is 36.7. The summed E-state index contributed by atoms with van der Waals surface area (Å²) in [7, 11) is 0. The molecule has 0 radical (unpaired) electrons. The lowest BCUT2D eigenvalue weighted by Gasteiger charge is -2.05. The van der Waals surface area contributed by atoms with Crippen molar-refractivity contribution in [3.63, 3.8) is 0 Å². The number of guanidine groups is 1. The normalized spacial score (nSPS) is 10.9. The van der Waals surface area contributed by atoms with Gasteiger partial charge in [0.1, 0.15) is 0 Å². The van der Waals surface area contributed by atoms with Gasteiger partial charge in [-0.3, -0.25) is 10.8 Å². The molecule has 1 aromatic rings. The predicted molar refractivity (Wildman–Crippen MR) is 64.5 cm³/mol. The number of hydrogen-bond acceptors (Lipinski definition) is 3. The molecule has 0 saturated carbocycles. The fraction of sp³-hybridized carbons (Fsp3) is 0.111. The number of rotatable bonds is 2. The second-order valence-electron chi connectivity index (χ2n) is 3.01. The van der Waals surface area contributed by atoms with E-state index in [1.54, 1.807) is 0 Å². The van der Waals surface area contributed by atoms with Crippen LogP contribution in [0.1, 0.15) is 11.1 Å². The molecule has 0 fully saturated rings. The van der Waals surface area contributed by atoms with Gasteiger partial charge in [-0.25, -0.2) is 11.3 Å². The Labute approximate surface area is 107 Å². The maximum Gasteiger partial charge on any atom is 0.416 e. The van der Waals surface area contributed by atoms with Gasteiger partial charge in [0.15, 0.2) is 0 Å². The van der Waals surface area contributed by atoms with Gasteiger partial charge in [-0.1, -0.05) is 12.1 Å². The lowest BCUT2D eigenvalue weighted by molar-refractivity contribution is -0.137. The van der Waals surface area contributed by atoms with E-state index in [4.69, 9.17) is 11.3 Å². The summed E-state index contributed by atoms with van der Waals surface area (Å²) >= 11 is 0. The van der Waals surface area contributed by atoms with Crippen LogP contribution >= 0.6 is 12.4 Å². The molecule has 0 spiro atoms. The first-order valence-electron chi connectivity index (χ1n) is 4.45. The van der Waals surface area contributed by atoms with Crippen LogP contribution in [0, 0.1) is 5.41 Å². The van der Waals surface area contributed by atoms with Crippen molar-refractivity contribution in [2.24, 2.45) is 10.9 Å². The average molecular weight is 282 g/mol. The molecule has 0 aromatic heterocycles. The predicted octanol–water partition coefficient (Wildman–Crippen LogP) is 1.45. The van der Waals surface area contributed by atoms with E-state index in [-0.39, 0.29) is 18.4 Å². The van der Waals surface area contributed by atoms with Gasteiger partial charge < -0.3 is 0 Å². The van der Waals surface area contributed by atoms with Gasteiger partial charge in [-0.15, -0.1) is 12.4 Å². The Kier molecular flexibility index (Phi) is 6.14. The van der Waals surface area contributed by atoms with E-state index in [1.165, 1.54) is 18.3 Å². The lowest BCUT2D eigenvalue weighted by Crippen LogP contribution is -2.38. The Morgan fingerprint density at radius 3 is 2.28 bits per heavy atom. The lowest BCUT2D eigenvalue weighted by atomic mass is 10.1. The highest BCUT2D eigenvalue weighted by Gasteiger charge is 2.29. The number of nitrogens with zero attached hydrogens (tertiary/aromatic N) is 1. The van der Waals surface area contributed by atoms with Crippen LogP contribution in [0.5, 0.6) is 0 Å². The molecule has 0 amide bonds. The Morgan fingerprint density at radius 2 is 1.83 bits per heavy atom. The first-order chi connectivity index (χ1) is 7.93. The summed E-state index contributed by atoms with van der Waals surface area (Å²) in [5, 5.41) is 10.6. The van der Waals surface area contributed by atoms with E-state index < -0.39 is 11.7 Å². The van der Waals surface area contributed by atoms with Crippen molar-refractivity contribution in [1.82, 2.24) is 10.9 Å². The molecule has 0 aliphatic rings. The molecule has 0 aliphatic heterocycles. The monoisotopic (exact) mass is 281 g/mol. The van der Waals surface area contributed by atoms with Crippen molar-refractivity contribution in [3.8, 4) is 0 Å². The van der Waals surface area contributed by atoms with Gasteiger partial charge in [0.05, 0.1) is 11.8 Å². The van der Waals surface area contributed by atoms with Gasteiger partial charge in [0, 0.05) is 0 Å². The summed E-state index contributed by atoms with van der Waals surface area (Å²) in [5.41, 5.74) is 3.95. The molecule has 9 heteroatoms. The van der Waals surface area contributed by atoms with E-state index >= 15 is 0 Å². The molecule has 0 heterocycles. The smallest absolute Gasteiger partial charge is 0.293 e. The first kappa shape index (κ1) is 16.2. The molecular weight excluding hydrogens is 271 g/mol. The number of nitrogens with one attached hydrogen (secondary N) is 3. The van der Waals surface area contributed by atoms with E-state index in [2.05, 4.69) is 10.5 Å². The minimum absolute atomic E-state index is 0. The third-order valence-corrected chi connectivity index (χ3v) is 1.77. The third-order valence-electron chi connectivity index (χ3n) is 1.77. The number of hydrogen-bond donors (Lipinski definition) is 4. The molecule has 18 heavy (non-hydrogen) atoms. The van der Waals surface area contributed by atoms with Crippen molar-refractivity contribution in [2.45, 2.75) is 6.18 Å². The summed E-state index contributed by atoms with van der Waals surface area (Å²) in [6, 6.07) is 4.45. The topological polar surface area (TPSA) is 86.3 Å². The van der Waals surface area contributed by atoms with Crippen molar-refractivity contribution < 1.29 is 13.2 Å². The quantitative estimate of drug-likeness (QED) is 0.286. The minimum atomic E-state index is -4.35. The molecule has 5 N–H and O–H groups in total. The van der Waals surface area contributed by atoms with Crippen LogP contribution in [0.25, 0.3) is 0 Å². The number of nitrogens with two attached hydrogens (primary N) is 1. The van der Waals surface area contributed by atoms with Gasteiger partial charge in [0.25, 0.3) is 0 Å². The van der Waals surface area contributed by atoms with E-state index in [0.717, 1.165) is 12.1 Å². The van der Waals surface area contributed by atoms with E-state index in [9.17, 15) is 13.2 Å². The molecule has 1 rings (SSSR count). The van der Waals surface area contributed by atoms with Crippen molar-refractivity contribution in [1.29, 1.82) is 5.41 Å². The van der Waals surface area contributed by atoms with Crippen LogP contribution < -0.4 is 16.7 Å². The molecule has 0 saturated heterocycles. The largest absolute Gasteiger partial charge is 0.416 e. The minimum Gasteiger partial charge on any atom is -0.293 e. The maximum atomic E-state index is 12.2. The molecular formula is C9H11ClF3N5. The second-order valence-corrected chi connectivity index (χ2v) is 3.01. The van der Waals surface area contributed by atoms with Crippen LogP contribution in [0.2, 0.25) is 0 Å². The van der Waals surface area contributed by atoms with Crippen LogP contribution in [0.15, 0.2) is 29.4 Å². The Balaban J connectivity index is 0.00000289. The standard InChI is InChI=1S/C9H10F3N5.ClH/c10-9(11,12)7-3-1-6(2-4-7)5-15-17-8(13)16-14;/h1-5H,14H2,(H3,13,16,17);1H/b15-5+;. The van der Waals surface area contributed by atoms with Crippen LogP contribution in [-0.2, 0) is 6.18 Å². The number of alkyl halides is 3. The maximum absolute atomic E-state index is 12.2. The van der Waals surface area contributed by atoms with Gasteiger partial charge in [0.2, 0.25) is 5.96 Å². The molecule has 5 nitrogen and oxygen atoms in total. The van der Waals surface area contributed by atoms with Gasteiger partial charge in [-0.05, 0) is 17.7 Å². The molecule has 0 unspecified atom stereocenters. The molecule has 1 aromatic carbocycles. The number of hydrazone groups is 1. The average Bonchev–Trinajstić information content (AvgIpc) is 2.28. The highest BCUT2D eigenvalue weighted by molar-refractivity contribution is 5.85. The molecule has 0 aliphatic carbocycles. The van der Waals surface area contributed by atoms with Gasteiger partial charge >= 0.3 is 6.18 Å². The fourth-order valence-corrected chi connectivity index (χ4v) is 0.962. The molecule has 100 valence electrons. The highest BCUT2D eigenvalue weighted by Crippen LogP contribution is 2.28. The van der Waals surface area contributed by atoms with Gasteiger partial charge in [-0.2, -0.15) is 18.3 Å². The first-order valence-corrected chi connectivity index (χ1v) is 4.45. The van der Waals surface area contributed by atoms with Crippen LogP contribution in [0.4, 0.5) is 13.2 Å². The SMILES string of the molecule is Cl.N=C(NN)N/N=C/c1ccc(C(F)(F)F)cc1. The summed E-state index contributed by atoms with van der Waals surface area (Å²) in [6.07, 6.45) is -3.08. The Bertz CT molecular complexity index is 415. The van der Waals surface area contributed by atoms with Crippen molar-refractivity contribution >= 4 is 24.6 Å². The third kappa shape index (κ3) is 5.02. The number of hydrazine groups is 1. The van der Waals surface area contributed by atoms with Crippen molar-refractivity contribution in [3.05, 3.63) is 35.4 Å². The summed E-state index contributed by atoms with van der Waals surface area (Å²) in [5.74, 6) is 4.65. The molecule has 0 bridgehead atoms. The summed E-state index contributed by atoms with van der Waals surface area (Å²) in [6.45, 7) is 0. The van der Waals surface area contributed by atoms with E-state index in [0.29, 0.717) is 5.56 Å². The fourth-order valence-electron chi connectivity index (χ4n) is 0.962. The second kappa shape index (κ2) is 6.82. The molecule has 0 atom stereocenters. The van der Waals surface area contributed by atoms with Crippen molar-refractivity contribution in [2.75, 3.05) is 0 Å². The number of benzene rings is 1. The van der Waals surface area contributed by atoms with Crippen LogP contribution in [0.3, 0.4) is 0 Å².